The zero-order chi connectivity index (χ0) is 14.2. The number of hydrogen-bond acceptors (Lipinski definition) is 2. The lowest BCUT2D eigenvalue weighted by molar-refractivity contribution is -0.137. The van der Waals surface area contributed by atoms with Crippen LogP contribution in [0.4, 0.5) is 17.6 Å². The standard InChI is InChI=1S/C12H8F4N2O/c1-18-10(4-5-17-18)11(19)8-6-7(13)2-3-9(8)12(14,15)16/h2-6H,1H3. The van der Waals surface area contributed by atoms with E-state index in [0.29, 0.717) is 18.2 Å². The zero-order valence-corrected chi connectivity index (χ0v) is 9.70. The minimum absolute atomic E-state index is 0.0453. The first-order valence-corrected chi connectivity index (χ1v) is 5.20. The van der Waals surface area contributed by atoms with Gasteiger partial charge in [-0.15, -0.1) is 0 Å². The normalized spacial score (nSPS) is 11.6. The van der Waals surface area contributed by atoms with Crippen LogP contribution in [-0.2, 0) is 13.2 Å². The Morgan fingerprint density at radius 2 is 1.95 bits per heavy atom. The highest BCUT2D eigenvalue weighted by atomic mass is 19.4. The number of nitrogens with zero attached hydrogens (tertiary/aromatic N) is 2. The molecule has 7 heteroatoms. The van der Waals surface area contributed by atoms with Crippen LogP contribution in [0.1, 0.15) is 21.6 Å². The highest BCUT2D eigenvalue weighted by Crippen LogP contribution is 2.33. The second-order valence-electron chi connectivity index (χ2n) is 3.86. The summed E-state index contributed by atoms with van der Waals surface area (Å²) in [4.78, 5) is 12.0. The van der Waals surface area contributed by atoms with Gasteiger partial charge in [-0.1, -0.05) is 0 Å². The first kappa shape index (κ1) is 13.3. The third-order valence-electron chi connectivity index (χ3n) is 2.59. The van der Waals surface area contributed by atoms with Crippen LogP contribution < -0.4 is 0 Å². The van der Waals surface area contributed by atoms with Crippen molar-refractivity contribution in [2.24, 2.45) is 7.05 Å². The summed E-state index contributed by atoms with van der Waals surface area (Å²) in [5.74, 6) is -1.83. The molecule has 0 radical (unpaired) electrons. The van der Waals surface area contributed by atoms with E-state index in [1.54, 1.807) is 0 Å². The molecule has 0 N–H and O–H groups in total. The summed E-state index contributed by atoms with van der Waals surface area (Å²) in [7, 11) is 1.42. The molecule has 0 aliphatic carbocycles. The molecule has 1 heterocycles. The fourth-order valence-corrected chi connectivity index (χ4v) is 1.69. The van der Waals surface area contributed by atoms with Crippen LogP contribution in [0.5, 0.6) is 0 Å². The molecule has 0 amide bonds. The molecule has 0 bridgehead atoms. The van der Waals surface area contributed by atoms with Gasteiger partial charge in [0, 0.05) is 18.8 Å². The molecule has 1 aromatic heterocycles. The van der Waals surface area contributed by atoms with Crippen molar-refractivity contribution >= 4 is 5.78 Å². The Morgan fingerprint density at radius 1 is 1.26 bits per heavy atom. The van der Waals surface area contributed by atoms with E-state index in [4.69, 9.17) is 0 Å². The van der Waals surface area contributed by atoms with Gasteiger partial charge in [0.15, 0.2) is 0 Å². The SMILES string of the molecule is Cn1nccc1C(=O)c1cc(F)ccc1C(F)(F)F. The number of rotatable bonds is 2. The van der Waals surface area contributed by atoms with E-state index in [1.165, 1.54) is 19.3 Å². The number of aryl methyl sites for hydroxylation is 1. The number of benzene rings is 1. The summed E-state index contributed by atoms with van der Waals surface area (Å²) in [6.45, 7) is 0. The van der Waals surface area contributed by atoms with Crippen molar-refractivity contribution in [1.82, 2.24) is 9.78 Å². The van der Waals surface area contributed by atoms with Crippen molar-refractivity contribution in [2.75, 3.05) is 0 Å². The van der Waals surface area contributed by atoms with E-state index in [-0.39, 0.29) is 5.69 Å². The molecule has 0 saturated carbocycles. The lowest BCUT2D eigenvalue weighted by atomic mass is 10.0. The average Bonchev–Trinajstić information content (AvgIpc) is 2.72. The van der Waals surface area contributed by atoms with Gasteiger partial charge in [0.2, 0.25) is 5.78 Å². The maximum absolute atomic E-state index is 13.1. The van der Waals surface area contributed by atoms with Crippen LogP contribution in [0.25, 0.3) is 0 Å². The molecule has 0 unspecified atom stereocenters. The molecule has 0 aliphatic heterocycles. The monoisotopic (exact) mass is 272 g/mol. The van der Waals surface area contributed by atoms with Crippen LogP contribution in [0, 0.1) is 5.82 Å². The summed E-state index contributed by atoms with van der Waals surface area (Å²) < 4.78 is 52.6. The Balaban J connectivity index is 2.59. The number of hydrogen-bond donors (Lipinski definition) is 0. The van der Waals surface area contributed by atoms with Crippen molar-refractivity contribution in [3.05, 3.63) is 53.1 Å². The highest BCUT2D eigenvalue weighted by Gasteiger charge is 2.36. The largest absolute Gasteiger partial charge is 0.417 e. The number of alkyl halides is 3. The molecule has 0 fully saturated rings. The first-order chi connectivity index (χ1) is 8.80. The summed E-state index contributed by atoms with van der Waals surface area (Å²) in [5, 5.41) is 3.70. The van der Waals surface area contributed by atoms with E-state index in [9.17, 15) is 22.4 Å². The van der Waals surface area contributed by atoms with Crippen LogP contribution in [0.3, 0.4) is 0 Å². The maximum atomic E-state index is 13.1. The fraction of sp³-hybridized carbons (Fsp3) is 0.167. The van der Waals surface area contributed by atoms with Crippen LogP contribution in [0.2, 0.25) is 0 Å². The molecular weight excluding hydrogens is 264 g/mol. The molecule has 0 spiro atoms. The molecule has 0 saturated heterocycles. The average molecular weight is 272 g/mol. The molecule has 2 aromatic rings. The van der Waals surface area contributed by atoms with Crippen LogP contribution in [-0.4, -0.2) is 15.6 Å². The third-order valence-corrected chi connectivity index (χ3v) is 2.59. The molecule has 19 heavy (non-hydrogen) atoms. The minimum Gasteiger partial charge on any atom is -0.287 e. The Morgan fingerprint density at radius 3 is 2.47 bits per heavy atom. The van der Waals surface area contributed by atoms with Crippen molar-refractivity contribution < 1.29 is 22.4 Å². The number of ketones is 1. The van der Waals surface area contributed by atoms with E-state index in [2.05, 4.69) is 5.10 Å². The third kappa shape index (κ3) is 2.49. The summed E-state index contributed by atoms with van der Waals surface area (Å²) in [6, 6.07) is 3.08. The highest BCUT2D eigenvalue weighted by molar-refractivity contribution is 6.08. The lowest BCUT2D eigenvalue weighted by Gasteiger charge is -2.12. The van der Waals surface area contributed by atoms with Gasteiger partial charge in [-0.05, 0) is 24.3 Å². The number of halogens is 4. The molecule has 100 valence electrons. The Bertz CT molecular complexity index is 631. The predicted molar refractivity (Wildman–Crippen MR) is 58.0 cm³/mol. The Labute approximate surface area is 105 Å². The van der Waals surface area contributed by atoms with Gasteiger partial charge in [0.1, 0.15) is 11.5 Å². The van der Waals surface area contributed by atoms with E-state index >= 15 is 0 Å². The molecule has 2 rings (SSSR count). The molecule has 1 aromatic carbocycles. The quantitative estimate of drug-likeness (QED) is 0.622. The second kappa shape index (κ2) is 4.49. The second-order valence-corrected chi connectivity index (χ2v) is 3.86. The Kier molecular flexibility index (Phi) is 3.13. The number of carbonyl (C=O) groups is 1. The summed E-state index contributed by atoms with van der Waals surface area (Å²) in [6.07, 6.45) is -3.45. The molecule has 0 aliphatic rings. The van der Waals surface area contributed by atoms with E-state index in [1.807, 2.05) is 0 Å². The molecule has 3 nitrogen and oxygen atoms in total. The van der Waals surface area contributed by atoms with Gasteiger partial charge in [0.05, 0.1) is 5.56 Å². The number of carbonyl (C=O) groups excluding carboxylic acids is 1. The van der Waals surface area contributed by atoms with Crippen molar-refractivity contribution in [2.45, 2.75) is 6.18 Å². The van der Waals surface area contributed by atoms with Gasteiger partial charge in [-0.2, -0.15) is 18.3 Å². The van der Waals surface area contributed by atoms with Gasteiger partial charge in [-0.25, -0.2) is 4.39 Å². The van der Waals surface area contributed by atoms with Crippen molar-refractivity contribution in [1.29, 1.82) is 0 Å². The Hall–Kier alpha value is -2.18. The van der Waals surface area contributed by atoms with Gasteiger partial charge in [0.25, 0.3) is 0 Å². The molecule has 0 atom stereocenters. The van der Waals surface area contributed by atoms with E-state index in [0.717, 1.165) is 4.68 Å². The smallest absolute Gasteiger partial charge is 0.287 e. The van der Waals surface area contributed by atoms with Crippen molar-refractivity contribution in [3.8, 4) is 0 Å². The zero-order valence-electron chi connectivity index (χ0n) is 9.70. The lowest BCUT2D eigenvalue weighted by Crippen LogP contribution is -2.16. The van der Waals surface area contributed by atoms with Crippen LogP contribution >= 0.6 is 0 Å². The van der Waals surface area contributed by atoms with Crippen LogP contribution in [0.15, 0.2) is 30.5 Å². The summed E-state index contributed by atoms with van der Waals surface area (Å²) >= 11 is 0. The minimum atomic E-state index is -4.72. The topological polar surface area (TPSA) is 34.9 Å². The van der Waals surface area contributed by atoms with Gasteiger partial charge in [-0.3, -0.25) is 9.48 Å². The van der Waals surface area contributed by atoms with Gasteiger partial charge >= 0.3 is 6.18 Å². The number of aromatic nitrogens is 2. The van der Waals surface area contributed by atoms with E-state index < -0.39 is 28.9 Å². The van der Waals surface area contributed by atoms with Gasteiger partial charge < -0.3 is 0 Å². The van der Waals surface area contributed by atoms with Crippen molar-refractivity contribution in [3.63, 3.8) is 0 Å². The fourth-order valence-electron chi connectivity index (χ4n) is 1.69. The molecular formula is C12H8F4N2O. The maximum Gasteiger partial charge on any atom is 0.417 e. The summed E-state index contributed by atoms with van der Waals surface area (Å²) in [5.41, 5.74) is -1.94. The predicted octanol–water partition coefficient (Wildman–Crippen LogP) is 2.81. The first-order valence-electron chi connectivity index (χ1n) is 5.20.